The molecule has 2 nitrogen and oxygen atoms in total. The molecule has 3 heteroatoms. The van der Waals surface area contributed by atoms with Gasteiger partial charge < -0.3 is 4.84 Å². The van der Waals surface area contributed by atoms with E-state index in [1.807, 2.05) is 0 Å². The third kappa shape index (κ3) is 0.640. The van der Waals surface area contributed by atoms with Gasteiger partial charge in [0.05, 0.1) is 0 Å². The molecule has 0 aliphatic carbocycles. The molecule has 1 atom stereocenters. The van der Waals surface area contributed by atoms with Crippen LogP contribution in [0, 0.1) is 6.26 Å². The van der Waals surface area contributed by atoms with Crippen molar-refractivity contribution in [2.24, 2.45) is 0 Å². The molecule has 0 saturated heterocycles. The molecule has 0 spiro atoms. The van der Waals surface area contributed by atoms with Crippen LogP contribution in [0.2, 0.25) is 0 Å². The minimum absolute atomic E-state index is 0.190. The van der Waals surface area contributed by atoms with Gasteiger partial charge in [-0.05, 0) is 6.08 Å². The van der Waals surface area contributed by atoms with E-state index in [1.165, 1.54) is 0 Å². The Kier molecular flexibility index (Phi) is 0.986. The van der Waals surface area contributed by atoms with E-state index < -0.39 is 0 Å². The quantitative estimate of drug-likeness (QED) is 0.355. The summed E-state index contributed by atoms with van der Waals surface area (Å²) in [6.45, 7) is 0. The van der Waals surface area contributed by atoms with Crippen LogP contribution in [0.25, 0.3) is 0 Å². The van der Waals surface area contributed by atoms with E-state index in [0.717, 1.165) is 0 Å². The van der Waals surface area contributed by atoms with Crippen molar-refractivity contribution in [3.8, 4) is 0 Å². The van der Waals surface area contributed by atoms with E-state index in [1.54, 1.807) is 6.08 Å². The Labute approximate surface area is 40.7 Å². The highest BCUT2D eigenvalue weighted by atomic mass is 35.5. The highest BCUT2D eigenvalue weighted by Crippen LogP contribution is 1.97. The monoisotopic (exact) mass is 104 g/mol. The number of rotatable bonds is 0. The fourth-order valence-electron chi connectivity index (χ4n) is 0.218. The van der Waals surface area contributed by atoms with Crippen molar-refractivity contribution in [1.29, 1.82) is 0 Å². The van der Waals surface area contributed by atoms with Gasteiger partial charge in [0, 0.05) is 0 Å². The molecular formula is C3H3ClNO. The first kappa shape index (κ1) is 3.96. The molecule has 6 heavy (non-hydrogen) atoms. The van der Waals surface area contributed by atoms with Crippen LogP contribution < -0.4 is 5.48 Å². The van der Waals surface area contributed by atoms with Crippen molar-refractivity contribution in [3.63, 3.8) is 0 Å². The summed E-state index contributed by atoms with van der Waals surface area (Å²) in [6, 6.07) is 0. The second kappa shape index (κ2) is 1.49. The standard InChI is InChI=1S/C3H3ClNO/c4-3-1-2-6-5-3/h1,3,5H. The lowest BCUT2D eigenvalue weighted by atomic mass is 10.7. The predicted molar refractivity (Wildman–Crippen MR) is 21.7 cm³/mol. The largest absolute Gasteiger partial charge is 0.403 e. The molecule has 0 amide bonds. The van der Waals surface area contributed by atoms with Gasteiger partial charge in [0.15, 0.2) is 6.26 Å². The molecule has 0 bridgehead atoms. The lowest BCUT2D eigenvalue weighted by Crippen LogP contribution is -2.12. The average molecular weight is 105 g/mol. The minimum atomic E-state index is -0.190. The molecule has 33 valence electrons. The van der Waals surface area contributed by atoms with Crippen LogP contribution in [-0.2, 0) is 4.84 Å². The molecule has 0 aromatic rings. The maximum atomic E-state index is 5.36. The summed E-state index contributed by atoms with van der Waals surface area (Å²) in [7, 11) is 0. The summed E-state index contributed by atoms with van der Waals surface area (Å²) in [6.07, 6.45) is 3.99. The molecule has 0 aromatic carbocycles. The van der Waals surface area contributed by atoms with Crippen LogP contribution in [-0.4, -0.2) is 5.50 Å². The molecule has 0 aromatic heterocycles. The smallest absolute Gasteiger partial charge is 0.190 e. The van der Waals surface area contributed by atoms with Gasteiger partial charge >= 0.3 is 0 Å². The van der Waals surface area contributed by atoms with E-state index in [-0.39, 0.29) is 5.50 Å². The number of hydrogen-bond donors (Lipinski definition) is 1. The molecular weight excluding hydrogens is 101 g/mol. The SMILES string of the molecule is ClC1C=[C]ON1. The Morgan fingerprint density at radius 3 is 3.00 bits per heavy atom. The minimum Gasteiger partial charge on any atom is -0.403 e. The van der Waals surface area contributed by atoms with Crippen LogP contribution in [0.15, 0.2) is 6.08 Å². The topological polar surface area (TPSA) is 21.3 Å². The molecule has 1 N–H and O–H groups in total. The predicted octanol–water partition coefficient (Wildman–Crippen LogP) is 0.403. The summed E-state index contributed by atoms with van der Waals surface area (Å²) in [5, 5.41) is 0. The number of hydroxylamine groups is 1. The second-order valence-electron chi connectivity index (χ2n) is 0.906. The van der Waals surface area contributed by atoms with Crippen LogP contribution >= 0.6 is 11.6 Å². The Morgan fingerprint density at radius 2 is 2.83 bits per heavy atom. The van der Waals surface area contributed by atoms with Gasteiger partial charge in [-0.3, -0.25) is 0 Å². The summed E-state index contributed by atoms with van der Waals surface area (Å²) in [5.41, 5.74) is 2.23. The molecule has 0 fully saturated rings. The van der Waals surface area contributed by atoms with Gasteiger partial charge in [0.1, 0.15) is 5.50 Å². The maximum Gasteiger partial charge on any atom is 0.190 e. The Balaban J connectivity index is 2.38. The zero-order valence-electron chi connectivity index (χ0n) is 2.94. The average Bonchev–Trinajstić information content (AvgIpc) is 1.86. The van der Waals surface area contributed by atoms with E-state index in [4.69, 9.17) is 11.6 Å². The summed E-state index contributed by atoms with van der Waals surface area (Å²) in [5.74, 6) is 0. The van der Waals surface area contributed by atoms with E-state index in [9.17, 15) is 0 Å². The summed E-state index contributed by atoms with van der Waals surface area (Å²) >= 11 is 5.36. The van der Waals surface area contributed by atoms with Crippen LogP contribution in [0.1, 0.15) is 0 Å². The van der Waals surface area contributed by atoms with Crippen molar-refractivity contribution in [2.75, 3.05) is 0 Å². The maximum absolute atomic E-state index is 5.36. The van der Waals surface area contributed by atoms with Gasteiger partial charge in [0.25, 0.3) is 0 Å². The zero-order valence-corrected chi connectivity index (χ0v) is 3.70. The van der Waals surface area contributed by atoms with Crippen LogP contribution in [0.5, 0.6) is 0 Å². The van der Waals surface area contributed by atoms with Crippen molar-refractivity contribution < 1.29 is 4.84 Å². The second-order valence-corrected chi connectivity index (χ2v) is 1.38. The van der Waals surface area contributed by atoms with Gasteiger partial charge in [-0.1, -0.05) is 11.6 Å². The third-order valence-electron chi connectivity index (χ3n) is 0.445. The number of nitrogens with one attached hydrogen (secondary N) is 1. The van der Waals surface area contributed by atoms with Gasteiger partial charge in [-0.25, -0.2) is 0 Å². The van der Waals surface area contributed by atoms with Crippen molar-refractivity contribution in [3.05, 3.63) is 12.3 Å². The third-order valence-corrected chi connectivity index (χ3v) is 0.660. The first-order valence-corrected chi connectivity index (χ1v) is 1.97. The van der Waals surface area contributed by atoms with E-state index >= 15 is 0 Å². The Morgan fingerprint density at radius 1 is 2.00 bits per heavy atom. The van der Waals surface area contributed by atoms with Gasteiger partial charge in [-0.15, -0.1) is 5.48 Å². The highest BCUT2D eigenvalue weighted by molar-refractivity contribution is 6.21. The van der Waals surface area contributed by atoms with Crippen molar-refractivity contribution in [2.45, 2.75) is 5.50 Å². The normalized spacial score (nSPS) is 30.5. The molecule has 1 radical (unpaired) electrons. The number of alkyl halides is 1. The molecule has 1 aliphatic rings. The van der Waals surface area contributed by atoms with E-state index in [0.29, 0.717) is 0 Å². The number of hydrogen-bond acceptors (Lipinski definition) is 2. The lowest BCUT2D eigenvalue weighted by Gasteiger charge is -1.91. The van der Waals surface area contributed by atoms with E-state index in [2.05, 4.69) is 16.6 Å². The van der Waals surface area contributed by atoms with Gasteiger partial charge in [-0.2, -0.15) is 0 Å². The molecule has 1 rings (SSSR count). The Bertz CT molecular complexity index is 73.2. The number of halogens is 1. The van der Waals surface area contributed by atoms with Crippen molar-refractivity contribution in [1.82, 2.24) is 5.48 Å². The Hall–Kier alpha value is -0.210. The summed E-state index contributed by atoms with van der Waals surface area (Å²) in [4.78, 5) is 4.37. The molecule has 1 unspecified atom stereocenters. The van der Waals surface area contributed by atoms with Crippen LogP contribution in [0.3, 0.4) is 0 Å². The molecule has 1 heterocycles. The van der Waals surface area contributed by atoms with Crippen LogP contribution in [0.4, 0.5) is 0 Å². The first-order valence-electron chi connectivity index (χ1n) is 1.54. The fourth-order valence-corrected chi connectivity index (χ4v) is 0.314. The van der Waals surface area contributed by atoms with Gasteiger partial charge in [0.2, 0.25) is 0 Å². The van der Waals surface area contributed by atoms with Crippen molar-refractivity contribution >= 4 is 11.6 Å². The zero-order chi connectivity index (χ0) is 4.41. The summed E-state index contributed by atoms with van der Waals surface area (Å²) < 4.78 is 0. The molecule has 1 aliphatic heterocycles. The lowest BCUT2D eigenvalue weighted by molar-refractivity contribution is 0.144. The highest BCUT2D eigenvalue weighted by Gasteiger charge is 2.02. The first-order chi connectivity index (χ1) is 2.89. The fraction of sp³-hybridized carbons (Fsp3) is 0.333. The molecule has 0 saturated carbocycles.